The number of ether oxygens (including phenoxy) is 1. The molecule has 4 nitrogen and oxygen atoms in total. The number of aliphatic imine (C=N–C) groups is 1. The highest BCUT2D eigenvalue weighted by molar-refractivity contribution is 5.93. The quantitative estimate of drug-likeness (QED) is 0.848. The smallest absolute Gasteiger partial charge is 0.335 e. The minimum absolute atomic E-state index is 0.212. The van der Waals surface area contributed by atoms with Gasteiger partial charge in [0.05, 0.1) is 17.9 Å². The van der Waals surface area contributed by atoms with Crippen LogP contribution in [0.25, 0.3) is 0 Å². The van der Waals surface area contributed by atoms with Crippen LogP contribution in [0.1, 0.15) is 28.4 Å². The van der Waals surface area contributed by atoms with Crippen molar-refractivity contribution in [3.8, 4) is 5.75 Å². The SMILES string of the molecule is CCOc1ccc(C(=O)O)cc1C=Nc1cccc(C)c1. The molecule has 0 radical (unpaired) electrons. The van der Waals surface area contributed by atoms with Crippen LogP contribution >= 0.6 is 0 Å². The van der Waals surface area contributed by atoms with Crippen LogP contribution in [-0.2, 0) is 0 Å². The summed E-state index contributed by atoms with van der Waals surface area (Å²) in [7, 11) is 0. The number of aromatic carboxylic acids is 1. The molecule has 2 rings (SSSR count). The number of rotatable bonds is 5. The van der Waals surface area contributed by atoms with Gasteiger partial charge >= 0.3 is 5.97 Å². The zero-order valence-electron chi connectivity index (χ0n) is 12.0. The molecule has 0 bridgehead atoms. The summed E-state index contributed by atoms with van der Waals surface area (Å²) >= 11 is 0. The molecule has 0 amide bonds. The number of carboxylic acids is 1. The van der Waals surface area contributed by atoms with Gasteiger partial charge in [0.25, 0.3) is 0 Å². The molecule has 0 heterocycles. The normalized spacial score (nSPS) is 10.8. The van der Waals surface area contributed by atoms with Gasteiger partial charge in [-0.1, -0.05) is 12.1 Å². The van der Waals surface area contributed by atoms with Crippen molar-refractivity contribution in [3.63, 3.8) is 0 Å². The molecular formula is C17H17NO3. The van der Waals surface area contributed by atoms with Gasteiger partial charge in [-0.15, -0.1) is 0 Å². The third-order valence-electron chi connectivity index (χ3n) is 2.91. The molecule has 2 aromatic rings. The second-order valence-corrected chi connectivity index (χ2v) is 4.59. The summed E-state index contributed by atoms with van der Waals surface area (Å²) in [4.78, 5) is 15.4. The molecule has 0 aliphatic rings. The van der Waals surface area contributed by atoms with Gasteiger partial charge in [0.15, 0.2) is 0 Å². The molecule has 108 valence electrons. The first-order chi connectivity index (χ1) is 10.1. The third-order valence-corrected chi connectivity index (χ3v) is 2.91. The summed E-state index contributed by atoms with van der Waals surface area (Å²) in [6.07, 6.45) is 1.63. The summed E-state index contributed by atoms with van der Waals surface area (Å²) in [6.45, 7) is 4.39. The first-order valence-electron chi connectivity index (χ1n) is 6.71. The van der Waals surface area contributed by atoms with E-state index >= 15 is 0 Å². The molecule has 0 aromatic heterocycles. The molecule has 0 saturated heterocycles. The fourth-order valence-electron chi connectivity index (χ4n) is 1.92. The molecule has 21 heavy (non-hydrogen) atoms. The van der Waals surface area contributed by atoms with Crippen LogP contribution in [0.3, 0.4) is 0 Å². The van der Waals surface area contributed by atoms with Crippen LogP contribution < -0.4 is 4.74 Å². The predicted molar refractivity (Wildman–Crippen MR) is 83.0 cm³/mol. The summed E-state index contributed by atoms with van der Waals surface area (Å²) in [5, 5.41) is 9.07. The van der Waals surface area contributed by atoms with Crippen molar-refractivity contribution in [2.45, 2.75) is 13.8 Å². The lowest BCUT2D eigenvalue weighted by atomic mass is 10.1. The lowest BCUT2D eigenvalue weighted by Gasteiger charge is -2.07. The first-order valence-corrected chi connectivity index (χ1v) is 6.71. The monoisotopic (exact) mass is 283 g/mol. The summed E-state index contributed by atoms with van der Waals surface area (Å²) < 4.78 is 5.50. The Labute approximate surface area is 123 Å². The van der Waals surface area contributed by atoms with E-state index in [1.54, 1.807) is 18.3 Å². The molecule has 0 aliphatic carbocycles. The molecule has 4 heteroatoms. The number of carbonyl (C=O) groups is 1. The van der Waals surface area contributed by atoms with E-state index in [9.17, 15) is 4.79 Å². The number of benzene rings is 2. The standard InChI is InChI=1S/C17H17NO3/c1-3-21-16-8-7-13(17(19)20)10-14(16)11-18-15-6-4-5-12(2)9-15/h4-11H,3H2,1-2H3,(H,19,20). The zero-order valence-corrected chi connectivity index (χ0v) is 12.0. The van der Waals surface area contributed by atoms with Gasteiger partial charge < -0.3 is 9.84 Å². The Balaban J connectivity index is 2.36. The van der Waals surface area contributed by atoms with E-state index in [0.717, 1.165) is 11.3 Å². The molecule has 0 saturated carbocycles. The predicted octanol–water partition coefficient (Wildman–Crippen LogP) is 3.84. The van der Waals surface area contributed by atoms with Crippen LogP contribution in [0.4, 0.5) is 5.69 Å². The fraction of sp³-hybridized carbons (Fsp3) is 0.176. The molecule has 1 N–H and O–H groups in total. The van der Waals surface area contributed by atoms with E-state index in [1.807, 2.05) is 38.1 Å². The van der Waals surface area contributed by atoms with Gasteiger partial charge in [-0.05, 0) is 49.7 Å². The Bertz CT molecular complexity index is 677. The zero-order chi connectivity index (χ0) is 15.2. The Kier molecular flexibility index (Phi) is 4.72. The van der Waals surface area contributed by atoms with E-state index < -0.39 is 5.97 Å². The minimum atomic E-state index is -0.969. The highest BCUT2D eigenvalue weighted by atomic mass is 16.5. The molecule has 0 fully saturated rings. The Morgan fingerprint density at radius 1 is 1.29 bits per heavy atom. The van der Waals surface area contributed by atoms with E-state index in [4.69, 9.17) is 9.84 Å². The molecule has 0 aliphatic heterocycles. The van der Waals surface area contributed by atoms with E-state index in [-0.39, 0.29) is 5.56 Å². The average molecular weight is 283 g/mol. The van der Waals surface area contributed by atoms with E-state index in [1.165, 1.54) is 6.07 Å². The molecule has 0 spiro atoms. The lowest BCUT2D eigenvalue weighted by Crippen LogP contribution is -2.01. The highest BCUT2D eigenvalue weighted by Gasteiger charge is 2.07. The molecule has 0 atom stereocenters. The van der Waals surface area contributed by atoms with Crippen LogP contribution in [0.15, 0.2) is 47.5 Å². The van der Waals surface area contributed by atoms with Gasteiger partial charge in [0.2, 0.25) is 0 Å². The fourth-order valence-corrected chi connectivity index (χ4v) is 1.92. The maximum atomic E-state index is 11.1. The topological polar surface area (TPSA) is 58.9 Å². The average Bonchev–Trinajstić information content (AvgIpc) is 2.46. The van der Waals surface area contributed by atoms with Gasteiger partial charge in [-0.2, -0.15) is 0 Å². The van der Waals surface area contributed by atoms with Crippen molar-refractivity contribution >= 4 is 17.9 Å². The van der Waals surface area contributed by atoms with Crippen molar-refractivity contribution < 1.29 is 14.6 Å². The van der Waals surface area contributed by atoms with Gasteiger partial charge in [0, 0.05) is 11.8 Å². The van der Waals surface area contributed by atoms with Gasteiger partial charge in [0.1, 0.15) is 5.75 Å². The summed E-state index contributed by atoms with van der Waals surface area (Å²) in [5.74, 6) is -0.345. The van der Waals surface area contributed by atoms with Crippen LogP contribution in [0.5, 0.6) is 5.75 Å². The number of hydrogen-bond donors (Lipinski definition) is 1. The third kappa shape index (κ3) is 3.92. The number of nitrogens with zero attached hydrogens (tertiary/aromatic N) is 1. The summed E-state index contributed by atoms with van der Waals surface area (Å²) in [6, 6.07) is 12.5. The van der Waals surface area contributed by atoms with Crippen molar-refractivity contribution in [1.29, 1.82) is 0 Å². The molecule has 2 aromatic carbocycles. The van der Waals surface area contributed by atoms with Crippen molar-refractivity contribution in [3.05, 3.63) is 59.2 Å². The van der Waals surface area contributed by atoms with Crippen LogP contribution in [-0.4, -0.2) is 23.9 Å². The van der Waals surface area contributed by atoms with Gasteiger partial charge in [-0.3, -0.25) is 4.99 Å². The second kappa shape index (κ2) is 6.70. The largest absolute Gasteiger partial charge is 0.493 e. The Morgan fingerprint density at radius 3 is 2.76 bits per heavy atom. The number of hydrogen-bond acceptors (Lipinski definition) is 3. The van der Waals surface area contributed by atoms with E-state index in [2.05, 4.69) is 4.99 Å². The van der Waals surface area contributed by atoms with Crippen molar-refractivity contribution in [1.82, 2.24) is 0 Å². The first kappa shape index (κ1) is 14.8. The van der Waals surface area contributed by atoms with Crippen molar-refractivity contribution in [2.24, 2.45) is 4.99 Å². The Morgan fingerprint density at radius 2 is 2.10 bits per heavy atom. The van der Waals surface area contributed by atoms with Crippen LogP contribution in [0, 0.1) is 6.92 Å². The number of aryl methyl sites for hydroxylation is 1. The van der Waals surface area contributed by atoms with Crippen LogP contribution in [0.2, 0.25) is 0 Å². The van der Waals surface area contributed by atoms with Crippen molar-refractivity contribution in [2.75, 3.05) is 6.61 Å². The maximum absolute atomic E-state index is 11.1. The molecular weight excluding hydrogens is 266 g/mol. The minimum Gasteiger partial charge on any atom is -0.493 e. The van der Waals surface area contributed by atoms with Gasteiger partial charge in [-0.25, -0.2) is 4.79 Å². The highest BCUT2D eigenvalue weighted by Crippen LogP contribution is 2.20. The Hall–Kier alpha value is -2.62. The maximum Gasteiger partial charge on any atom is 0.335 e. The van der Waals surface area contributed by atoms with E-state index in [0.29, 0.717) is 17.9 Å². The summed E-state index contributed by atoms with van der Waals surface area (Å²) in [5.41, 5.74) is 2.80. The second-order valence-electron chi connectivity index (χ2n) is 4.59. The number of carboxylic acid groups (broad SMARTS) is 1. The molecule has 0 unspecified atom stereocenters. The lowest BCUT2D eigenvalue weighted by molar-refractivity contribution is 0.0697.